The molecule has 0 saturated heterocycles. The van der Waals surface area contributed by atoms with Gasteiger partial charge in [0.15, 0.2) is 0 Å². The third kappa shape index (κ3) is 9.73. The third-order valence-corrected chi connectivity index (χ3v) is 1.85. The molecule has 0 saturated carbocycles. The molecule has 0 radical (unpaired) electrons. The van der Waals surface area contributed by atoms with Crippen LogP contribution in [0.4, 0.5) is 8.78 Å². The number of unbranched alkanes of at least 4 members (excludes halogenated alkanes) is 1. The Balaban J connectivity index is 3.23. The number of ether oxygens (including phenoxy) is 1. The number of alkyl halides is 2. The van der Waals surface area contributed by atoms with Gasteiger partial charge in [-0.1, -0.05) is 0 Å². The Hall–Kier alpha value is -0.270. The van der Waals surface area contributed by atoms with Gasteiger partial charge in [-0.05, 0) is 12.8 Å². The quantitative estimate of drug-likeness (QED) is 0.515. The van der Waals surface area contributed by atoms with Gasteiger partial charge in [0, 0.05) is 0 Å². The molecule has 0 fully saturated rings. The van der Waals surface area contributed by atoms with Crippen LogP contribution in [0.3, 0.4) is 0 Å². The minimum atomic E-state index is -3.97. The maximum atomic E-state index is 11.3. The van der Waals surface area contributed by atoms with Crippen LogP contribution in [0, 0.1) is 0 Å². The van der Waals surface area contributed by atoms with Crippen LogP contribution in [0.15, 0.2) is 0 Å². The Morgan fingerprint density at radius 1 is 1.33 bits per heavy atom. The van der Waals surface area contributed by atoms with E-state index in [0.29, 0.717) is 0 Å². The zero-order valence-electron chi connectivity index (χ0n) is 6.24. The molecule has 0 atom stereocenters. The first kappa shape index (κ1) is 11.7. The second-order valence-electron chi connectivity index (χ2n) is 2.12. The summed E-state index contributed by atoms with van der Waals surface area (Å²) in [5.74, 6) is -0.417. The van der Waals surface area contributed by atoms with Crippen molar-refractivity contribution in [1.29, 1.82) is 0 Å². The lowest BCUT2D eigenvalue weighted by Gasteiger charge is -2.00. The zero-order chi connectivity index (χ0) is 9.61. The van der Waals surface area contributed by atoms with Crippen molar-refractivity contribution in [1.82, 2.24) is 0 Å². The molecule has 1 N–H and O–H groups in total. The van der Waals surface area contributed by atoms with Crippen LogP contribution in [0.5, 0.6) is 0 Å². The van der Waals surface area contributed by atoms with E-state index in [0.717, 1.165) is 0 Å². The van der Waals surface area contributed by atoms with Crippen molar-refractivity contribution in [2.24, 2.45) is 0 Å². The number of rotatable bonds is 6. The van der Waals surface area contributed by atoms with Gasteiger partial charge in [-0.3, -0.25) is 4.55 Å². The lowest BCUT2D eigenvalue weighted by Crippen LogP contribution is -2.06. The largest absolute Gasteiger partial charge is 0.345 e. The topological polar surface area (TPSA) is 63.6 Å². The molecule has 0 aromatic rings. The van der Waals surface area contributed by atoms with Crippen molar-refractivity contribution in [3.63, 3.8) is 0 Å². The predicted molar refractivity (Wildman–Crippen MR) is 37.6 cm³/mol. The Morgan fingerprint density at radius 3 is 2.33 bits per heavy atom. The second-order valence-corrected chi connectivity index (χ2v) is 3.70. The fraction of sp³-hybridized carbons (Fsp3) is 1.00. The molecule has 0 bridgehead atoms. The molecule has 7 heteroatoms. The summed E-state index contributed by atoms with van der Waals surface area (Å²) in [6, 6.07) is 0. The van der Waals surface area contributed by atoms with Gasteiger partial charge < -0.3 is 4.74 Å². The van der Waals surface area contributed by atoms with Crippen LogP contribution in [0.1, 0.15) is 12.8 Å². The van der Waals surface area contributed by atoms with Crippen LogP contribution >= 0.6 is 0 Å². The van der Waals surface area contributed by atoms with E-state index in [1.807, 2.05) is 0 Å². The average molecular weight is 204 g/mol. The minimum absolute atomic E-state index is 0.117. The highest BCUT2D eigenvalue weighted by molar-refractivity contribution is 7.85. The Morgan fingerprint density at radius 2 is 1.92 bits per heavy atom. The summed E-state index contributed by atoms with van der Waals surface area (Å²) < 4.78 is 54.9. The second kappa shape index (κ2) is 5.39. The first-order valence-electron chi connectivity index (χ1n) is 3.27. The smallest absolute Gasteiger partial charge is 0.323 e. The maximum Gasteiger partial charge on any atom is 0.345 e. The van der Waals surface area contributed by atoms with Gasteiger partial charge in [0.25, 0.3) is 10.1 Å². The highest BCUT2D eigenvalue weighted by Crippen LogP contribution is 1.99. The first-order valence-corrected chi connectivity index (χ1v) is 4.87. The molecule has 0 amide bonds. The first-order chi connectivity index (χ1) is 5.42. The van der Waals surface area contributed by atoms with Gasteiger partial charge in [-0.15, -0.1) is 0 Å². The molecule has 0 aliphatic carbocycles. The van der Waals surface area contributed by atoms with Crippen molar-refractivity contribution >= 4 is 10.1 Å². The van der Waals surface area contributed by atoms with Gasteiger partial charge in [-0.25, -0.2) is 0 Å². The van der Waals surface area contributed by atoms with Crippen LogP contribution in [0.2, 0.25) is 0 Å². The summed E-state index contributed by atoms with van der Waals surface area (Å²) in [6.45, 7) is -3.02. The molecular formula is C5H10F2O4S. The van der Waals surface area contributed by atoms with Crippen molar-refractivity contribution < 1.29 is 26.5 Å². The number of hydrogen-bond donors (Lipinski definition) is 1. The molecule has 0 aliphatic heterocycles. The molecular weight excluding hydrogens is 194 g/mol. The molecule has 0 spiro atoms. The summed E-state index contributed by atoms with van der Waals surface area (Å²) in [6.07, 6.45) is 0.301. The Labute approximate surface area is 69.3 Å². The fourth-order valence-corrected chi connectivity index (χ4v) is 1.13. The highest BCUT2D eigenvalue weighted by atomic mass is 32.2. The van der Waals surface area contributed by atoms with E-state index in [2.05, 4.69) is 4.74 Å². The van der Waals surface area contributed by atoms with E-state index in [4.69, 9.17) is 4.55 Å². The molecule has 0 aliphatic rings. The van der Waals surface area contributed by atoms with Gasteiger partial charge in [0.05, 0.1) is 12.4 Å². The monoisotopic (exact) mass is 204 g/mol. The Kier molecular flexibility index (Phi) is 5.27. The summed E-state index contributed by atoms with van der Waals surface area (Å²) in [4.78, 5) is 0. The average Bonchev–Trinajstić information content (AvgIpc) is 1.83. The lowest BCUT2D eigenvalue weighted by molar-refractivity contribution is -0.129. The van der Waals surface area contributed by atoms with Crippen LogP contribution in [-0.4, -0.2) is 31.9 Å². The van der Waals surface area contributed by atoms with Crippen molar-refractivity contribution in [3.8, 4) is 0 Å². The molecule has 0 heterocycles. The predicted octanol–water partition coefficient (Wildman–Crippen LogP) is 0.894. The minimum Gasteiger partial charge on any atom is -0.323 e. The highest BCUT2D eigenvalue weighted by Gasteiger charge is 2.04. The van der Waals surface area contributed by atoms with E-state index >= 15 is 0 Å². The van der Waals surface area contributed by atoms with Crippen molar-refractivity contribution in [2.75, 3.05) is 12.4 Å². The fourth-order valence-electron chi connectivity index (χ4n) is 0.559. The summed E-state index contributed by atoms with van der Waals surface area (Å²) in [5, 5.41) is 0. The maximum absolute atomic E-state index is 11.3. The standard InChI is InChI=1S/C5H10F2O4S/c6-5(7)11-3-1-2-4-12(8,9)10/h5H,1-4H2,(H,8,9,10). The van der Waals surface area contributed by atoms with Crippen LogP contribution < -0.4 is 0 Å². The third-order valence-electron chi connectivity index (χ3n) is 1.04. The van der Waals surface area contributed by atoms with Crippen molar-refractivity contribution in [2.45, 2.75) is 19.5 Å². The van der Waals surface area contributed by atoms with Crippen LogP contribution in [0.25, 0.3) is 0 Å². The lowest BCUT2D eigenvalue weighted by atomic mass is 10.4. The summed E-state index contributed by atoms with van der Waals surface area (Å²) in [5.41, 5.74) is 0. The molecule has 0 aromatic heterocycles. The van der Waals surface area contributed by atoms with Crippen molar-refractivity contribution in [3.05, 3.63) is 0 Å². The van der Waals surface area contributed by atoms with Gasteiger partial charge in [-0.2, -0.15) is 17.2 Å². The molecule has 0 aromatic carbocycles. The normalized spacial score (nSPS) is 12.3. The molecule has 0 rings (SSSR count). The van der Waals surface area contributed by atoms with E-state index in [9.17, 15) is 17.2 Å². The van der Waals surface area contributed by atoms with E-state index in [-0.39, 0.29) is 19.4 Å². The van der Waals surface area contributed by atoms with E-state index in [1.165, 1.54) is 0 Å². The van der Waals surface area contributed by atoms with Gasteiger partial charge >= 0.3 is 6.61 Å². The Bertz CT molecular complexity index is 201. The zero-order valence-corrected chi connectivity index (χ0v) is 7.06. The van der Waals surface area contributed by atoms with Crippen LogP contribution in [-0.2, 0) is 14.9 Å². The molecule has 12 heavy (non-hydrogen) atoms. The number of halogens is 2. The van der Waals surface area contributed by atoms with E-state index in [1.54, 1.807) is 0 Å². The SMILES string of the molecule is O=S(=O)(O)CCCCOC(F)F. The summed E-state index contributed by atoms with van der Waals surface area (Å²) in [7, 11) is -3.97. The molecule has 74 valence electrons. The molecule has 0 unspecified atom stereocenters. The molecule has 4 nitrogen and oxygen atoms in total. The summed E-state index contributed by atoms with van der Waals surface area (Å²) >= 11 is 0. The van der Waals surface area contributed by atoms with Gasteiger partial charge in [0.1, 0.15) is 0 Å². The van der Waals surface area contributed by atoms with Gasteiger partial charge in [0.2, 0.25) is 0 Å². The number of hydrogen-bond acceptors (Lipinski definition) is 3. The van der Waals surface area contributed by atoms with E-state index < -0.39 is 22.5 Å².